The number of carbonyl (C=O) groups is 1. The number of imidazole rings is 1. The number of rotatable bonds is 1. The van der Waals surface area contributed by atoms with E-state index in [1.165, 1.54) is 0 Å². The van der Waals surface area contributed by atoms with E-state index >= 15 is 0 Å². The summed E-state index contributed by atoms with van der Waals surface area (Å²) in [5, 5.41) is 0. The molecule has 1 aliphatic rings. The van der Waals surface area contributed by atoms with Crippen LogP contribution >= 0.6 is 0 Å². The minimum absolute atomic E-state index is 0.00360. The molecule has 0 atom stereocenters. The number of aryl methyl sites for hydroxylation is 1. The third-order valence-corrected chi connectivity index (χ3v) is 3.54. The number of nitrogens with zero attached hydrogens (tertiary/aromatic N) is 3. The monoisotopic (exact) mass is 274 g/mol. The molecule has 0 unspecified atom stereocenters. The van der Waals surface area contributed by atoms with Crippen LogP contribution in [-0.2, 0) is 4.74 Å². The molecule has 1 saturated heterocycles. The summed E-state index contributed by atoms with van der Waals surface area (Å²) in [7, 11) is 1.79. The second-order valence-electron chi connectivity index (χ2n) is 4.96. The molecule has 1 aromatic carbocycles. The van der Waals surface area contributed by atoms with Crippen molar-refractivity contribution in [3.05, 3.63) is 24.0 Å². The number of hydrogen-bond acceptors (Lipinski definition) is 3. The minimum Gasteiger partial charge on any atom is -0.378 e. The maximum Gasteiger partial charge on any atom is 0.324 e. The predicted octanol–water partition coefficient (Wildman–Crippen LogP) is 1.76. The van der Waals surface area contributed by atoms with Crippen molar-refractivity contribution in [2.24, 2.45) is 0 Å². The van der Waals surface area contributed by atoms with Crippen molar-refractivity contribution in [2.45, 2.75) is 6.92 Å². The summed E-state index contributed by atoms with van der Waals surface area (Å²) in [4.78, 5) is 23.4. The Bertz CT molecular complexity index is 631. The molecule has 1 aromatic heterocycles. The lowest BCUT2D eigenvalue weighted by atomic mass is 10.2. The van der Waals surface area contributed by atoms with Gasteiger partial charge in [0, 0.05) is 25.8 Å². The van der Waals surface area contributed by atoms with Gasteiger partial charge in [-0.1, -0.05) is 0 Å². The first-order valence-corrected chi connectivity index (χ1v) is 6.72. The molecular weight excluding hydrogens is 256 g/mol. The van der Waals surface area contributed by atoms with Crippen LogP contribution in [0.2, 0.25) is 0 Å². The predicted molar refractivity (Wildman–Crippen MR) is 77.0 cm³/mol. The highest BCUT2D eigenvalue weighted by Gasteiger charge is 2.21. The van der Waals surface area contributed by atoms with Gasteiger partial charge in [0.1, 0.15) is 5.82 Å². The zero-order chi connectivity index (χ0) is 14.1. The second-order valence-corrected chi connectivity index (χ2v) is 4.96. The molecule has 0 bridgehead atoms. The number of aromatic nitrogens is 2. The van der Waals surface area contributed by atoms with Gasteiger partial charge in [-0.05, 0) is 25.1 Å². The smallest absolute Gasteiger partial charge is 0.324 e. The number of morpholine rings is 1. The molecule has 0 aliphatic carbocycles. The third-order valence-electron chi connectivity index (χ3n) is 3.54. The Morgan fingerprint density at radius 1 is 1.40 bits per heavy atom. The minimum atomic E-state index is 0.00360. The number of fused-ring (bicyclic) bond motifs is 1. The van der Waals surface area contributed by atoms with Crippen LogP contribution in [-0.4, -0.2) is 54.2 Å². The average molecular weight is 274 g/mol. The molecule has 106 valence electrons. The molecule has 20 heavy (non-hydrogen) atoms. The summed E-state index contributed by atoms with van der Waals surface area (Å²) in [5.41, 5.74) is 2.72. The van der Waals surface area contributed by atoms with Gasteiger partial charge in [-0.2, -0.15) is 0 Å². The lowest BCUT2D eigenvalue weighted by molar-refractivity contribution is 0.0551. The lowest BCUT2D eigenvalue weighted by Gasteiger charge is -2.31. The standard InChI is InChI=1S/C14H18N4O2/c1-10-15-12-4-3-11(9-13(12)16-10)17(2)14(19)18-5-7-20-8-6-18/h3-4,9H,5-8H2,1-2H3,(H,15,16). The summed E-state index contributed by atoms with van der Waals surface area (Å²) in [6.45, 7) is 4.43. The van der Waals surface area contributed by atoms with E-state index in [-0.39, 0.29) is 6.03 Å². The van der Waals surface area contributed by atoms with Gasteiger partial charge in [-0.25, -0.2) is 9.78 Å². The van der Waals surface area contributed by atoms with E-state index in [0.717, 1.165) is 22.5 Å². The summed E-state index contributed by atoms with van der Waals surface area (Å²) in [6.07, 6.45) is 0. The van der Waals surface area contributed by atoms with Crippen molar-refractivity contribution in [3.8, 4) is 0 Å². The molecule has 2 amide bonds. The molecule has 1 aliphatic heterocycles. The van der Waals surface area contributed by atoms with Gasteiger partial charge in [0.2, 0.25) is 0 Å². The number of ether oxygens (including phenoxy) is 1. The third kappa shape index (κ3) is 2.34. The van der Waals surface area contributed by atoms with Crippen LogP contribution < -0.4 is 4.90 Å². The summed E-state index contributed by atoms with van der Waals surface area (Å²) in [5.74, 6) is 0.874. The number of urea groups is 1. The van der Waals surface area contributed by atoms with Gasteiger partial charge in [-0.3, -0.25) is 4.90 Å². The summed E-state index contributed by atoms with van der Waals surface area (Å²) in [6, 6.07) is 5.80. The van der Waals surface area contributed by atoms with Crippen molar-refractivity contribution in [2.75, 3.05) is 38.3 Å². The van der Waals surface area contributed by atoms with E-state index < -0.39 is 0 Å². The van der Waals surface area contributed by atoms with Gasteiger partial charge in [0.25, 0.3) is 0 Å². The van der Waals surface area contributed by atoms with Crippen molar-refractivity contribution >= 4 is 22.8 Å². The fraction of sp³-hybridized carbons (Fsp3) is 0.429. The first kappa shape index (κ1) is 12.9. The summed E-state index contributed by atoms with van der Waals surface area (Å²) < 4.78 is 5.27. The van der Waals surface area contributed by atoms with Crippen LogP contribution in [0, 0.1) is 6.92 Å². The van der Waals surface area contributed by atoms with Crippen molar-refractivity contribution in [1.82, 2.24) is 14.9 Å². The fourth-order valence-corrected chi connectivity index (χ4v) is 2.41. The highest BCUT2D eigenvalue weighted by Crippen LogP contribution is 2.21. The molecule has 6 heteroatoms. The fourth-order valence-electron chi connectivity index (χ4n) is 2.41. The van der Waals surface area contributed by atoms with E-state index in [1.807, 2.05) is 30.0 Å². The Balaban J connectivity index is 1.83. The molecule has 6 nitrogen and oxygen atoms in total. The van der Waals surface area contributed by atoms with Crippen LogP contribution in [0.25, 0.3) is 11.0 Å². The van der Waals surface area contributed by atoms with Gasteiger partial charge in [-0.15, -0.1) is 0 Å². The average Bonchev–Trinajstić information content (AvgIpc) is 2.85. The Morgan fingerprint density at radius 2 is 2.15 bits per heavy atom. The maximum absolute atomic E-state index is 12.4. The van der Waals surface area contributed by atoms with Crippen LogP contribution in [0.5, 0.6) is 0 Å². The van der Waals surface area contributed by atoms with Crippen molar-refractivity contribution in [3.63, 3.8) is 0 Å². The molecule has 2 heterocycles. The summed E-state index contributed by atoms with van der Waals surface area (Å²) >= 11 is 0. The highest BCUT2D eigenvalue weighted by molar-refractivity contribution is 5.93. The van der Waals surface area contributed by atoms with Crippen molar-refractivity contribution in [1.29, 1.82) is 0 Å². The van der Waals surface area contributed by atoms with E-state index in [9.17, 15) is 4.79 Å². The van der Waals surface area contributed by atoms with Gasteiger partial charge >= 0.3 is 6.03 Å². The number of H-pyrrole nitrogens is 1. The number of benzene rings is 1. The maximum atomic E-state index is 12.4. The largest absolute Gasteiger partial charge is 0.378 e. The Morgan fingerprint density at radius 3 is 2.90 bits per heavy atom. The van der Waals surface area contributed by atoms with Crippen LogP contribution in [0.3, 0.4) is 0 Å². The van der Waals surface area contributed by atoms with E-state index in [0.29, 0.717) is 26.3 Å². The molecule has 3 rings (SSSR count). The van der Waals surface area contributed by atoms with Gasteiger partial charge in [0.15, 0.2) is 0 Å². The van der Waals surface area contributed by atoms with Crippen LogP contribution in [0.4, 0.5) is 10.5 Å². The number of anilines is 1. The molecular formula is C14H18N4O2. The first-order valence-electron chi connectivity index (χ1n) is 6.72. The SMILES string of the molecule is Cc1nc2ccc(N(C)C(=O)N3CCOCC3)cc2[nH]1. The number of amides is 2. The quantitative estimate of drug-likeness (QED) is 0.862. The molecule has 1 N–H and O–H groups in total. The molecule has 2 aromatic rings. The molecule has 1 fully saturated rings. The number of carbonyl (C=O) groups excluding carboxylic acids is 1. The number of aromatic amines is 1. The Labute approximate surface area is 117 Å². The normalized spacial score (nSPS) is 15.6. The topological polar surface area (TPSA) is 61.5 Å². The lowest BCUT2D eigenvalue weighted by Crippen LogP contribution is -2.47. The first-order chi connectivity index (χ1) is 9.65. The van der Waals surface area contributed by atoms with E-state index in [4.69, 9.17) is 4.74 Å². The zero-order valence-corrected chi connectivity index (χ0v) is 11.7. The van der Waals surface area contributed by atoms with Gasteiger partial charge in [0.05, 0.1) is 24.2 Å². The highest BCUT2D eigenvalue weighted by atomic mass is 16.5. The Hall–Kier alpha value is -2.08. The Kier molecular flexibility index (Phi) is 3.31. The molecule has 0 radical (unpaired) electrons. The van der Waals surface area contributed by atoms with Crippen LogP contribution in [0.15, 0.2) is 18.2 Å². The second kappa shape index (κ2) is 5.13. The zero-order valence-electron chi connectivity index (χ0n) is 11.7. The van der Waals surface area contributed by atoms with E-state index in [2.05, 4.69) is 9.97 Å². The molecule has 0 spiro atoms. The van der Waals surface area contributed by atoms with Crippen LogP contribution in [0.1, 0.15) is 5.82 Å². The van der Waals surface area contributed by atoms with E-state index in [1.54, 1.807) is 11.9 Å². The number of hydrogen-bond donors (Lipinski definition) is 1. The van der Waals surface area contributed by atoms with Gasteiger partial charge < -0.3 is 14.6 Å². The van der Waals surface area contributed by atoms with Crippen molar-refractivity contribution < 1.29 is 9.53 Å². The molecule has 0 saturated carbocycles. The number of nitrogens with one attached hydrogen (secondary N) is 1.